The number of carbonyl (C=O) groups is 2. The Hall–Kier alpha value is -1.32. The quantitative estimate of drug-likeness (QED) is 0.518. The van der Waals surface area contributed by atoms with Crippen molar-refractivity contribution in [1.82, 2.24) is 4.90 Å². The van der Waals surface area contributed by atoms with Crippen molar-refractivity contribution in [3.05, 3.63) is 12.2 Å². The van der Waals surface area contributed by atoms with Crippen LogP contribution in [0.15, 0.2) is 12.2 Å². The Morgan fingerprint density at radius 1 is 1.53 bits per heavy atom. The van der Waals surface area contributed by atoms with E-state index in [0.717, 1.165) is 24.7 Å². The lowest BCUT2D eigenvalue weighted by atomic mass is 9.96. The van der Waals surface area contributed by atoms with Gasteiger partial charge in [0, 0.05) is 12.0 Å². The van der Waals surface area contributed by atoms with E-state index < -0.39 is 5.60 Å². The molecule has 3 atom stereocenters. The predicted octanol–water partition coefficient (Wildman–Crippen LogP) is 2.14. The summed E-state index contributed by atoms with van der Waals surface area (Å²) < 4.78 is 5.34. The van der Waals surface area contributed by atoms with Crippen molar-refractivity contribution in [3.63, 3.8) is 0 Å². The Balaban J connectivity index is 2.14. The van der Waals surface area contributed by atoms with E-state index in [0.29, 0.717) is 0 Å². The van der Waals surface area contributed by atoms with Gasteiger partial charge in [0.05, 0.1) is 6.04 Å². The number of carbonyl (C=O) groups excluding carboxylic acids is 2. The molecule has 4 heteroatoms. The third kappa shape index (κ3) is 2.08. The molecule has 1 aliphatic carbocycles. The maximum absolute atomic E-state index is 12.0. The zero-order chi connectivity index (χ0) is 12.8. The third-order valence-electron chi connectivity index (χ3n) is 3.42. The molecule has 1 amide bonds. The number of ether oxygens (including phenoxy) is 1. The summed E-state index contributed by atoms with van der Waals surface area (Å²) in [4.78, 5) is 24.8. The number of hydrogen-bond acceptors (Lipinski definition) is 3. The highest BCUT2D eigenvalue weighted by molar-refractivity contribution is 5.76. The van der Waals surface area contributed by atoms with Crippen LogP contribution >= 0.6 is 0 Å². The van der Waals surface area contributed by atoms with Crippen LogP contribution in [0.3, 0.4) is 0 Å². The van der Waals surface area contributed by atoms with Crippen LogP contribution in [-0.2, 0) is 9.53 Å². The van der Waals surface area contributed by atoms with Crippen LogP contribution in [0.4, 0.5) is 4.79 Å². The second-order valence-electron chi connectivity index (χ2n) is 5.87. The lowest BCUT2D eigenvalue weighted by molar-refractivity contribution is -0.113. The first-order valence-electron chi connectivity index (χ1n) is 5.98. The maximum Gasteiger partial charge on any atom is 0.411 e. The standard InChI is InChI=1S/C13H19NO3/c1-8-5-9-6-10(8)11(7-15)14(9)12(16)17-13(2,3)4/h7,9-11H,1,5-6H2,2-4H3. The summed E-state index contributed by atoms with van der Waals surface area (Å²) >= 11 is 0. The lowest BCUT2D eigenvalue weighted by Crippen LogP contribution is -2.48. The minimum atomic E-state index is -0.524. The predicted molar refractivity (Wildman–Crippen MR) is 63.6 cm³/mol. The van der Waals surface area contributed by atoms with E-state index in [2.05, 4.69) is 6.58 Å². The smallest absolute Gasteiger partial charge is 0.411 e. The molecule has 1 saturated heterocycles. The molecule has 1 heterocycles. The first-order chi connectivity index (χ1) is 7.83. The van der Waals surface area contributed by atoms with Crippen molar-refractivity contribution in [3.8, 4) is 0 Å². The minimum absolute atomic E-state index is 0.0950. The van der Waals surface area contributed by atoms with Gasteiger partial charge in [-0.15, -0.1) is 0 Å². The van der Waals surface area contributed by atoms with E-state index in [1.165, 1.54) is 0 Å². The van der Waals surface area contributed by atoms with Crippen molar-refractivity contribution in [1.29, 1.82) is 0 Å². The van der Waals surface area contributed by atoms with Crippen LogP contribution in [0.1, 0.15) is 33.6 Å². The van der Waals surface area contributed by atoms with Gasteiger partial charge in [-0.1, -0.05) is 12.2 Å². The summed E-state index contributed by atoms with van der Waals surface area (Å²) in [7, 11) is 0. The summed E-state index contributed by atoms with van der Waals surface area (Å²) in [5.41, 5.74) is 0.565. The summed E-state index contributed by atoms with van der Waals surface area (Å²) in [6, 6.07) is -0.284. The van der Waals surface area contributed by atoms with Gasteiger partial charge in [-0.2, -0.15) is 0 Å². The molecule has 0 aromatic rings. The Kier molecular flexibility index (Phi) is 2.76. The first kappa shape index (κ1) is 12.1. The van der Waals surface area contributed by atoms with Gasteiger partial charge >= 0.3 is 6.09 Å². The van der Waals surface area contributed by atoms with Crippen LogP contribution in [0.2, 0.25) is 0 Å². The summed E-state index contributed by atoms with van der Waals surface area (Å²) in [5, 5.41) is 0. The van der Waals surface area contributed by atoms with Crippen LogP contribution in [-0.4, -0.2) is 35.0 Å². The third-order valence-corrected chi connectivity index (χ3v) is 3.42. The fourth-order valence-electron chi connectivity index (χ4n) is 2.77. The maximum atomic E-state index is 12.0. The number of rotatable bonds is 1. The van der Waals surface area contributed by atoms with Crippen molar-refractivity contribution in [2.75, 3.05) is 0 Å². The molecule has 0 N–H and O–H groups in total. The number of aldehydes is 1. The molecule has 4 nitrogen and oxygen atoms in total. The molecule has 0 radical (unpaired) electrons. The van der Waals surface area contributed by atoms with Gasteiger partial charge in [0.25, 0.3) is 0 Å². The highest BCUT2D eigenvalue weighted by Gasteiger charge is 2.51. The Labute approximate surface area is 102 Å². The zero-order valence-corrected chi connectivity index (χ0v) is 10.6. The first-order valence-corrected chi connectivity index (χ1v) is 5.98. The van der Waals surface area contributed by atoms with Crippen LogP contribution in [0.5, 0.6) is 0 Å². The fourth-order valence-corrected chi connectivity index (χ4v) is 2.77. The van der Waals surface area contributed by atoms with Crippen molar-refractivity contribution in [2.24, 2.45) is 5.92 Å². The summed E-state index contributed by atoms with van der Waals surface area (Å²) in [6.07, 6.45) is 2.11. The van der Waals surface area contributed by atoms with Crippen LogP contribution in [0.25, 0.3) is 0 Å². The molecule has 1 saturated carbocycles. The second-order valence-corrected chi connectivity index (χ2v) is 5.87. The fraction of sp³-hybridized carbons (Fsp3) is 0.692. The van der Waals surface area contributed by atoms with Gasteiger partial charge in [-0.3, -0.25) is 4.90 Å². The molecule has 2 aliphatic rings. The Morgan fingerprint density at radius 3 is 2.71 bits per heavy atom. The van der Waals surface area contributed by atoms with E-state index in [4.69, 9.17) is 4.74 Å². The van der Waals surface area contributed by atoms with Gasteiger partial charge in [0.2, 0.25) is 0 Å². The zero-order valence-electron chi connectivity index (χ0n) is 10.6. The van der Waals surface area contributed by atoms with E-state index in [9.17, 15) is 9.59 Å². The number of piperidine rings is 1. The number of hydrogen-bond donors (Lipinski definition) is 0. The second kappa shape index (κ2) is 3.86. The molecule has 0 spiro atoms. The minimum Gasteiger partial charge on any atom is -0.444 e. The monoisotopic (exact) mass is 237 g/mol. The molecular weight excluding hydrogens is 218 g/mol. The van der Waals surface area contributed by atoms with Crippen LogP contribution < -0.4 is 0 Å². The van der Waals surface area contributed by atoms with Gasteiger partial charge in [0.1, 0.15) is 11.9 Å². The summed E-state index contributed by atoms with van der Waals surface area (Å²) in [6.45, 7) is 9.45. The highest BCUT2D eigenvalue weighted by atomic mass is 16.6. The Bertz CT molecular complexity index is 369. The number of likely N-dealkylation sites (tertiary alicyclic amines) is 1. The van der Waals surface area contributed by atoms with Gasteiger partial charge in [-0.05, 0) is 33.6 Å². The molecule has 2 bridgehead atoms. The molecule has 0 aromatic carbocycles. The number of fused-ring (bicyclic) bond motifs is 2. The van der Waals surface area contributed by atoms with Crippen molar-refractivity contribution in [2.45, 2.75) is 51.3 Å². The SMILES string of the molecule is C=C1CC2CC1C(C=O)N2C(=O)OC(C)(C)C. The topological polar surface area (TPSA) is 46.6 Å². The summed E-state index contributed by atoms with van der Waals surface area (Å²) in [5.74, 6) is 0.130. The van der Waals surface area contributed by atoms with Crippen molar-refractivity contribution >= 4 is 12.4 Å². The van der Waals surface area contributed by atoms with E-state index in [1.807, 2.05) is 20.8 Å². The molecule has 94 valence electrons. The van der Waals surface area contributed by atoms with E-state index in [1.54, 1.807) is 4.90 Å². The van der Waals surface area contributed by atoms with Crippen molar-refractivity contribution < 1.29 is 14.3 Å². The van der Waals surface area contributed by atoms with Crippen LogP contribution in [0, 0.1) is 5.92 Å². The largest absolute Gasteiger partial charge is 0.444 e. The number of amides is 1. The molecule has 0 aromatic heterocycles. The average molecular weight is 237 g/mol. The molecular formula is C13H19NO3. The lowest BCUT2D eigenvalue weighted by Gasteiger charge is -2.34. The Morgan fingerprint density at radius 2 is 2.18 bits per heavy atom. The molecule has 3 unspecified atom stereocenters. The highest BCUT2D eigenvalue weighted by Crippen LogP contribution is 2.45. The van der Waals surface area contributed by atoms with Gasteiger partial charge in [0.15, 0.2) is 0 Å². The molecule has 2 fully saturated rings. The van der Waals surface area contributed by atoms with Gasteiger partial charge in [-0.25, -0.2) is 4.79 Å². The van der Waals surface area contributed by atoms with Gasteiger partial charge < -0.3 is 9.53 Å². The molecule has 1 aliphatic heterocycles. The molecule has 2 rings (SSSR count). The average Bonchev–Trinajstić information content (AvgIpc) is 2.69. The van der Waals surface area contributed by atoms with E-state index in [-0.39, 0.29) is 24.1 Å². The molecule has 17 heavy (non-hydrogen) atoms. The normalized spacial score (nSPS) is 31.8. The van der Waals surface area contributed by atoms with E-state index >= 15 is 0 Å². The number of nitrogens with zero attached hydrogens (tertiary/aromatic N) is 1.